The molecule has 0 radical (unpaired) electrons. The van der Waals surface area contributed by atoms with Crippen LogP contribution in [0.25, 0.3) is 0 Å². The highest BCUT2D eigenvalue weighted by Crippen LogP contribution is 2.22. The Hall–Kier alpha value is -0.770. The van der Waals surface area contributed by atoms with E-state index in [2.05, 4.69) is 23.3 Å². The lowest BCUT2D eigenvalue weighted by molar-refractivity contribution is 0.226. The third kappa shape index (κ3) is 3.61. The topological polar surface area (TPSA) is 24.5 Å². The van der Waals surface area contributed by atoms with Gasteiger partial charge in [0.05, 0.1) is 7.11 Å². The third-order valence-corrected chi connectivity index (χ3v) is 3.81. The van der Waals surface area contributed by atoms with Crippen molar-refractivity contribution in [3.8, 4) is 5.75 Å². The summed E-state index contributed by atoms with van der Waals surface area (Å²) < 4.78 is 5.15. The number of nitrogens with zero attached hydrogens (tertiary/aromatic N) is 1. The zero-order valence-electron chi connectivity index (χ0n) is 11.1. The molecule has 2 rings (SSSR count). The highest BCUT2D eigenvalue weighted by Gasteiger charge is 2.18. The molecule has 18 heavy (non-hydrogen) atoms. The zero-order valence-corrected chi connectivity index (χ0v) is 11.8. The second kappa shape index (κ2) is 6.41. The molecule has 1 aliphatic rings. The highest BCUT2D eigenvalue weighted by atomic mass is 35.5. The maximum Gasteiger partial charge on any atom is 0.120 e. The van der Waals surface area contributed by atoms with Crippen molar-refractivity contribution in [2.75, 3.05) is 40.3 Å². The van der Waals surface area contributed by atoms with Gasteiger partial charge in [-0.2, -0.15) is 0 Å². The second-order valence-electron chi connectivity index (χ2n) is 4.99. The molecule has 1 aromatic rings. The summed E-state index contributed by atoms with van der Waals surface area (Å²) in [5, 5.41) is 4.10. The summed E-state index contributed by atoms with van der Waals surface area (Å²) in [6, 6.07) is 5.91. The van der Waals surface area contributed by atoms with Crippen LogP contribution in [0.4, 0.5) is 0 Å². The van der Waals surface area contributed by atoms with E-state index in [1.165, 1.54) is 12.1 Å². The summed E-state index contributed by atoms with van der Waals surface area (Å²) in [6.45, 7) is 4.53. The average Bonchev–Trinajstić information content (AvgIpc) is 2.32. The van der Waals surface area contributed by atoms with E-state index in [0.717, 1.165) is 42.7 Å². The molecule has 0 bridgehead atoms. The van der Waals surface area contributed by atoms with E-state index >= 15 is 0 Å². The van der Waals surface area contributed by atoms with Crippen LogP contribution in [0, 0.1) is 5.92 Å². The summed E-state index contributed by atoms with van der Waals surface area (Å²) >= 11 is 6.23. The Morgan fingerprint density at radius 1 is 1.44 bits per heavy atom. The van der Waals surface area contributed by atoms with E-state index < -0.39 is 0 Å². The molecule has 0 aromatic heterocycles. The Morgan fingerprint density at radius 3 is 2.78 bits per heavy atom. The van der Waals surface area contributed by atoms with Gasteiger partial charge in [0.2, 0.25) is 0 Å². The molecule has 4 heteroatoms. The number of hydrogen-bond donors (Lipinski definition) is 1. The van der Waals surface area contributed by atoms with Crippen LogP contribution in [0.15, 0.2) is 18.2 Å². The number of benzene rings is 1. The van der Waals surface area contributed by atoms with Crippen LogP contribution in [-0.2, 0) is 6.42 Å². The molecule has 0 saturated carbocycles. The monoisotopic (exact) mass is 268 g/mol. The number of ether oxygens (including phenoxy) is 1. The Kier molecular flexibility index (Phi) is 4.87. The van der Waals surface area contributed by atoms with Gasteiger partial charge in [0, 0.05) is 31.2 Å². The minimum absolute atomic E-state index is 0.799. The van der Waals surface area contributed by atoms with Crippen molar-refractivity contribution in [2.24, 2.45) is 5.92 Å². The van der Waals surface area contributed by atoms with Gasteiger partial charge in [-0.05, 0) is 37.1 Å². The minimum Gasteiger partial charge on any atom is -0.497 e. The van der Waals surface area contributed by atoms with Gasteiger partial charge in [0.25, 0.3) is 0 Å². The standard InChI is InChI=1S/C14H21ClN2O/c1-17(10-11-8-16-9-11)6-5-12-3-4-13(18-2)7-14(12)15/h3-4,7,11,16H,5-6,8-10H2,1-2H3. The van der Waals surface area contributed by atoms with Crippen LogP contribution in [0.2, 0.25) is 5.02 Å². The minimum atomic E-state index is 0.799. The smallest absolute Gasteiger partial charge is 0.120 e. The fourth-order valence-electron chi connectivity index (χ4n) is 2.18. The van der Waals surface area contributed by atoms with Crippen molar-refractivity contribution in [1.29, 1.82) is 0 Å². The molecular formula is C14H21ClN2O. The molecule has 1 fully saturated rings. The van der Waals surface area contributed by atoms with E-state index in [4.69, 9.17) is 16.3 Å². The molecule has 1 heterocycles. The first-order valence-electron chi connectivity index (χ1n) is 6.40. The molecule has 1 N–H and O–H groups in total. The molecule has 100 valence electrons. The predicted molar refractivity (Wildman–Crippen MR) is 75.6 cm³/mol. The van der Waals surface area contributed by atoms with Crippen LogP contribution in [0.5, 0.6) is 5.75 Å². The van der Waals surface area contributed by atoms with E-state index in [-0.39, 0.29) is 0 Å². The van der Waals surface area contributed by atoms with Gasteiger partial charge in [-0.1, -0.05) is 17.7 Å². The molecule has 1 saturated heterocycles. The first kappa shape index (κ1) is 13.7. The van der Waals surface area contributed by atoms with Crippen molar-refractivity contribution in [1.82, 2.24) is 10.2 Å². The molecule has 0 atom stereocenters. The molecule has 1 aliphatic heterocycles. The predicted octanol–water partition coefficient (Wildman–Crippen LogP) is 2.04. The maximum atomic E-state index is 6.23. The van der Waals surface area contributed by atoms with Gasteiger partial charge in [0.1, 0.15) is 5.75 Å². The molecule has 0 unspecified atom stereocenters. The molecule has 3 nitrogen and oxygen atoms in total. The second-order valence-corrected chi connectivity index (χ2v) is 5.40. The lowest BCUT2D eigenvalue weighted by Gasteiger charge is -2.31. The number of hydrogen-bond acceptors (Lipinski definition) is 3. The summed E-state index contributed by atoms with van der Waals surface area (Å²) in [4.78, 5) is 2.38. The maximum absolute atomic E-state index is 6.23. The first-order valence-corrected chi connectivity index (χ1v) is 6.78. The fourth-order valence-corrected chi connectivity index (χ4v) is 2.44. The van der Waals surface area contributed by atoms with E-state index in [1.807, 2.05) is 12.1 Å². The largest absolute Gasteiger partial charge is 0.497 e. The first-order chi connectivity index (χ1) is 8.69. The molecule has 1 aromatic carbocycles. The number of nitrogens with one attached hydrogen (secondary N) is 1. The van der Waals surface area contributed by atoms with Gasteiger partial charge in [0.15, 0.2) is 0 Å². The van der Waals surface area contributed by atoms with Crippen molar-refractivity contribution in [2.45, 2.75) is 6.42 Å². The van der Waals surface area contributed by atoms with Crippen molar-refractivity contribution in [3.63, 3.8) is 0 Å². The number of halogens is 1. The Balaban J connectivity index is 1.81. The van der Waals surface area contributed by atoms with E-state index in [0.29, 0.717) is 0 Å². The fraction of sp³-hybridized carbons (Fsp3) is 0.571. The Labute approximate surface area is 114 Å². The number of likely N-dealkylation sites (N-methyl/N-ethyl adjacent to an activating group) is 1. The van der Waals surface area contributed by atoms with Gasteiger partial charge in [-0.3, -0.25) is 0 Å². The summed E-state index contributed by atoms with van der Waals surface area (Å²) in [7, 11) is 3.83. The Morgan fingerprint density at radius 2 is 2.22 bits per heavy atom. The Bertz CT molecular complexity index is 393. The van der Waals surface area contributed by atoms with Crippen LogP contribution in [-0.4, -0.2) is 45.2 Å². The van der Waals surface area contributed by atoms with Crippen LogP contribution < -0.4 is 10.1 Å². The van der Waals surface area contributed by atoms with Crippen LogP contribution in [0.3, 0.4) is 0 Å². The lowest BCUT2D eigenvalue weighted by Crippen LogP contribution is -2.47. The van der Waals surface area contributed by atoms with Crippen molar-refractivity contribution >= 4 is 11.6 Å². The molecular weight excluding hydrogens is 248 g/mol. The number of rotatable bonds is 6. The lowest BCUT2D eigenvalue weighted by atomic mass is 10.0. The molecule has 0 spiro atoms. The van der Waals surface area contributed by atoms with E-state index in [9.17, 15) is 0 Å². The van der Waals surface area contributed by atoms with Gasteiger partial charge < -0.3 is 15.0 Å². The molecule has 0 amide bonds. The summed E-state index contributed by atoms with van der Waals surface area (Å²) in [5.41, 5.74) is 1.19. The van der Waals surface area contributed by atoms with Gasteiger partial charge in [-0.15, -0.1) is 0 Å². The van der Waals surface area contributed by atoms with Crippen molar-refractivity contribution in [3.05, 3.63) is 28.8 Å². The van der Waals surface area contributed by atoms with Gasteiger partial charge in [-0.25, -0.2) is 0 Å². The quantitative estimate of drug-likeness (QED) is 0.855. The number of methoxy groups -OCH3 is 1. The third-order valence-electron chi connectivity index (χ3n) is 3.46. The van der Waals surface area contributed by atoms with Gasteiger partial charge >= 0.3 is 0 Å². The summed E-state index contributed by atoms with van der Waals surface area (Å²) in [5.74, 6) is 1.64. The zero-order chi connectivity index (χ0) is 13.0. The van der Waals surface area contributed by atoms with Crippen molar-refractivity contribution < 1.29 is 4.74 Å². The SMILES string of the molecule is COc1ccc(CCN(C)CC2CNC2)c(Cl)c1. The highest BCUT2D eigenvalue weighted by molar-refractivity contribution is 6.31. The van der Waals surface area contributed by atoms with E-state index in [1.54, 1.807) is 7.11 Å². The average molecular weight is 269 g/mol. The molecule has 0 aliphatic carbocycles. The normalized spacial score (nSPS) is 15.8. The van der Waals surface area contributed by atoms with Crippen LogP contribution in [0.1, 0.15) is 5.56 Å². The summed E-state index contributed by atoms with van der Waals surface area (Å²) in [6.07, 6.45) is 0.986. The van der Waals surface area contributed by atoms with Crippen LogP contribution >= 0.6 is 11.6 Å².